The molecule has 2 rings (SSSR count). The molecule has 1 atom stereocenters. The van der Waals surface area contributed by atoms with Crippen molar-refractivity contribution < 1.29 is 12.8 Å². The molecule has 0 aliphatic carbocycles. The minimum absolute atomic E-state index is 0.251. The predicted octanol–water partition coefficient (Wildman–Crippen LogP) is 0.644. The number of aromatic nitrogens is 1. The second kappa shape index (κ2) is 3.94. The number of oxazole rings is 1. The number of nitrogens with one attached hydrogen (secondary N) is 1. The van der Waals surface area contributed by atoms with Crippen LogP contribution in [-0.2, 0) is 16.4 Å². The third kappa shape index (κ3) is 2.05. The van der Waals surface area contributed by atoms with Gasteiger partial charge in [0, 0.05) is 0 Å². The highest BCUT2D eigenvalue weighted by atomic mass is 32.2. The second-order valence-corrected chi connectivity index (χ2v) is 6.00. The maximum Gasteiger partial charge on any atom is 0.212 e. The molecule has 15 heavy (non-hydrogen) atoms. The molecule has 1 N–H and O–H groups in total. The lowest BCUT2D eigenvalue weighted by molar-refractivity contribution is 0.435. The van der Waals surface area contributed by atoms with E-state index in [1.807, 2.05) is 0 Å². The summed E-state index contributed by atoms with van der Waals surface area (Å²) in [7, 11) is -1.22. The van der Waals surface area contributed by atoms with Crippen molar-refractivity contribution in [3.05, 3.63) is 17.8 Å². The van der Waals surface area contributed by atoms with Crippen molar-refractivity contribution in [2.75, 3.05) is 12.8 Å². The molecule has 1 saturated heterocycles. The van der Waals surface area contributed by atoms with Crippen LogP contribution in [0, 0.1) is 0 Å². The third-order valence-electron chi connectivity index (χ3n) is 2.53. The van der Waals surface area contributed by atoms with Gasteiger partial charge in [0.05, 0.1) is 18.5 Å². The fourth-order valence-electron chi connectivity index (χ4n) is 1.80. The predicted molar refractivity (Wildman–Crippen MR) is 55.0 cm³/mol. The lowest BCUT2D eigenvalue weighted by Gasteiger charge is -2.03. The van der Waals surface area contributed by atoms with Gasteiger partial charge in [-0.05, 0) is 19.9 Å². The van der Waals surface area contributed by atoms with Crippen molar-refractivity contribution in [2.24, 2.45) is 0 Å². The first kappa shape index (κ1) is 10.6. The standard InChI is InChI=1S/C9H14N2O3S/c1-10-5-7-6-11-9(14-7)8-3-2-4-15(8,12)13/h6,8,10H,2-5H2,1H3. The van der Waals surface area contributed by atoms with Crippen molar-refractivity contribution in [1.29, 1.82) is 0 Å². The van der Waals surface area contributed by atoms with Crippen molar-refractivity contribution >= 4 is 9.84 Å². The highest BCUT2D eigenvalue weighted by Gasteiger charge is 2.36. The molecule has 1 aromatic rings. The molecule has 84 valence electrons. The molecule has 1 fully saturated rings. The Balaban J connectivity index is 2.22. The largest absolute Gasteiger partial charge is 0.443 e. The molecular weight excluding hydrogens is 216 g/mol. The summed E-state index contributed by atoms with van der Waals surface area (Å²) in [6.07, 6.45) is 2.91. The van der Waals surface area contributed by atoms with Crippen LogP contribution in [0.3, 0.4) is 0 Å². The number of sulfone groups is 1. The van der Waals surface area contributed by atoms with Gasteiger partial charge in [-0.15, -0.1) is 0 Å². The summed E-state index contributed by atoms with van der Waals surface area (Å²) in [5.41, 5.74) is 0. The SMILES string of the molecule is CNCc1cnc(C2CCCS2(=O)=O)o1. The summed E-state index contributed by atoms with van der Waals surface area (Å²) in [6.45, 7) is 0.569. The van der Waals surface area contributed by atoms with Gasteiger partial charge in [-0.2, -0.15) is 0 Å². The Morgan fingerprint density at radius 3 is 3.07 bits per heavy atom. The van der Waals surface area contributed by atoms with Gasteiger partial charge < -0.3 is 9.73 Å². The van der Waals surface area contributed by atoms with Crippen molar-refractivity contribution in [2.45, 2.75) is 24.6 Å². The van der Waals surface area contributed by atoms with Gasteiger partial charge in [0.25, 0.3) is 0 Å². The van der Waals surface area contributed by atoms with E-state index in [0.29, 0.717) is 31.0 Å². The fourth-order valence-corrected chi connectivity index (χ4v) is 3.59. The van der Waals surface area contributed by atoms with Gasteiger partial charge in [0.15, 0.2) is 9.84 Å². The molecule has 1 aliphatic heterocycles. The summed E-state index contributed by atoms with van der Waals surface area (Å²) >= 11 is 0. The molecule has 1 aliphatic rings. The van der Waals surface area contributed by atoms with E-state index < -0.39 is 15.1 Å². The average molecular weight is 230 g/mol. The molecule has 0 radical (unpaired) electrons. The average Bonchev–Trinajstić information content (AvgIpc) is 2.72. The van der Waals surface area contributed by atoms with E-state index in [-0.39, 0.29) is 5.75 Å². The van der Waals surface area contributed by atoms with Crippen LogP contribution >= 0.6 is 0 Å². The highest BCUT2D eigenvalue weighted by Crippen LogP contribution is 2.33. The Kier molecular flexibility index (Phi) is 2.79. The van der Waals surface area contributed by atoms with E-state index in [4.69, 9.17) is 4.42 Å². The molecule has 5 nitrogen and oxygen atoms in total. The summed E-state index contributed by atoms with van der Waals surface area (Å²) in [4.78, 5) is 4.03. The molecule has 0 spiro atoms. The number of hydrogen-bond acceptors (Lipinski definition) is 5. The van der Waals surface area contributed by atoms with Crippen LogP contribution in [0.25, 0.3) is 0 Å². The highest BCUT2D eigenvalue weighted by molar-refractivity contribution is 7.91. The maximum atomic E-state index is 11.6. The quantitative estimate of drug-likeness (QED) is 0.825. The molecule has 1 aromatic heterocycles. The van der Waals surface area contributed by atoms with Gasteiger partial charge in [-0.1, -0.05) is 0 Å². The fraction of sp³-hybridized carbons (Fsp3) is 0.667. The lowest BCUT2D eigenvalue weighted by Crippen LogP contribution is -2.08. The maximum absolute atomic E-state index is 11.6. The van der Waals surface area contributed by atoms with Crippen LogP contribution in [0.5, 0.6) is 0 Å². The Labute approximate surface area is 88.8 Å². The van der Waals surface area contributed by atoms with Gasteiger partial charge in [-0.25, -0.2) is 13.4 Å². The minimum atomic E-state index is -3.02. The zero-order valence-electron chi connectivity index (χ0n) is 8.56. The van der Waals surface area contributed by atoms with E-state index in [9.17, 15) is 8.42 Å². The minimum Gasteiger partial charge on any atom is -0.443 e. The zero-order valence-corrected chi connectivity index (χ0v) is 9.38. The van der Waals surface area contributed by atoms with Gasteiger partial charge in [-0.3, -0.25) is 0 Å². The zero-order chi connectivity index (χ0) is 10.9. The van der Waals surface area contributed by atoms with Gasteiger partial charge >= 0.3 is 0 Å². The van der Waals surface area contributed by atoms with Crippen LogP contribution in [-0.4, -0.2) is 26.2 Å². The van der Waals surface area contributed by atoms with E-state index in [2.05, 4.69) is 10.3 Å². The van der Waals surface area contributed by atoms with E-state index >= 15 is 0 Å². The third-order valence-corrected chi connectivity index (χ3v) is 4.69. The van der Waals surface area contributed by atoms with Gasteiger partial charge in [0.1, 0.15) is 11.0 Å². The van der Waals surface area contributed by atoms with E-state index in [1.165, 1.54) is 0 Å². The van der Waals surface area contributed by atoms with Crippen LogP contribution in [0.15, 0.2) is 10.6 Å². The molecule has 0 bridgehead atoms. The van der Waals surface area contributed by atoms with Crippen molar-refractivity contribution in [3.63, 3.8) is 0 Å². The topological polar surface area (TPSA) is 72.2 Å². The van der Waals surface area contributed by atoms with Crippen molar-refractivity contribution in [1.82, 2.24) is 10.3 Å². The number of hydrogen-bond donors (Lipinski definition) is 1. The summed E-state index contributed by atoms with van der Waals surface area (Å²) in [5.74, 6) is 1.27. The number of rotatable bonds is 3. The molecule has 0 aromatic carbocycles. The van der Waals surface area contributed by atoms with Crippen LogP contribution in [0.4, 0.5) is 0 Å². The van der Waals surface area contributed by atoms with Gasteiger partial charge in [0.2, 0.25) is 5.89 Å². The Bertz CT molecular complexity index is 438. The normalized spacial score (nSPS) is 24.5. The lowest BCUT2D eigenvalue weighted by atomic mass is 10.2. The first-order valence-electron chi connectivity index (χ1n) is 4.94. The molecule has 0 saturated carbocycles. The molecular formula is C9H14N2O3S. The van der Waals surface area contributed by atoms with Crippen LogP contribution in [0.2, 0.25) is 0 Å². The van der Waals surface area contributed by atoms with Crippen LogP contribution in [0.1, 0.15) is 29.7 Å². The van der Waals surface area contributed by atoms with Crippen molar-refractivity contribution in [3.8, 4) is 0 Å². The Morgan fingerprint density at radius 2 is 2.47 bits per heavy atom. The summed E-state index contributed by atoms with van der Waals surface area (Å²) < 4.78 is 28.6. The first-order valence-corrected chi connectivity index (χ1v) is 6.66. The number of nitrogens with zero attached hydrogens (tertiary/aromatic N) is 1. The second-order valence-electron chi connectivity index (χ2n) is 3.69. The smallest absolute Gasteiger partial charge is 0.212 e. The van der Waals surface area contributed by atoms with E-state index in [1.54, 1.807) is 13.2 Å². The summed E-state index contributed by atoms with van der Waals surface area (Å²) in [5, 5.41) is 2.40. The molecule has 0 amide bonds. The Morgan fingerprint density at radius 1 is 1.67 bits per heavy atom. The first-order chi connectivity index (χ1) is 7.13. The molecule has 6 heteroatoms. The molecule has 1 unspecified atom stereocenters. The monoisotopic (exact) mass is 230 g/mol. The Hall–Kier alpha value is -0.880. The van der Waals surface area contributed by atoms with E-state index in [0.717, 1.165) is 0 Å². The summed E-state index contributed by atoms with van der Waals surface area (Å²) in [6, 6.07) is 0. The van der Waals surface area contributed by atoms with Crippen LogP contribution < -0.4 is 5.32 Å². The molecule has 2 heterocycles.